The van der Waals surface area contributed by atoms with Gasteiger partial charge < -0.3 is 10.5 Å². The average molecular weight is 330 g/mol. The molecule has 0 radical (unpaired) electrons. The van der Waals surface area contributed by atoms with Crippen molar-refractivity contribution in [2.45, 2.75) is 25.9 Å². The first-order chi connectivity index (χ1) is 11.2. The molecule has 120 valence electrons. The molecule has 1 heterocycles. The molecule has 1 unspecified atom stereocenters. The van der Waals surface area contributed by atoms with E-state index in [0.29, 0.717) is 24.1 Å². The zero-order valence-electron chi connectivity index (χ0n) is 13.1. The van der Waals surface area contributed by atoms with E-state index >= 15 is 0 Å². The Balaban J connectivity index is 1.95. The van der Waals surface area contributed by atoms with Crippen LogP contribution in [0.25, 0.3) is 10.9 Å². The lowest BCUT2D eigenvalue weighted by Crippen LogP contribution is -2.26. The van der Waals surface area contributed by atoms with Crippen LogP contribution in [0.15, 0.2) is 48.5 Å². The van der Waals surface area contributed by atoms with E-state index in [2.05, 4.69) is 17.2 Å². The van der Waals surface area contributed by atoms with Crippen LogP contribution in [0.2, 0.25) is 5.02 Å². The van der Waals surface area contributed by atoms with Crippen LogP contribution < -0.4 is 10.5 Å². The monoisotopic (exact) mass is 329 g/mol. The van der Waals surface area contributed by atoms with Gasteiger partial charge in [-0.25, -0.2) is 0 Å². The first kappa shape index (κ1) is 15.8. The maximum absolute atomic E-state index is 6.13. The molecule has 0 amide bonds. The molecule has 1 atom stereocenters. The number of nitrogens with zero attached hydrogens (tertiary/aromatic N) is 2. The van der Waals surface area contributed by atoms with Crippen molar-refractivity contribution >= 4 is 22.5 Å². The van der Waals surface area contributed by atoms with Gasteiger partial charge in [-0.3, -0.25) is 4.68 Å². The van der Waals surface area contributed by atoms with Gasteiger partial charge in [-0.15, -0.1) is 5.10 Å². The SMILES string of the molecule is CCC(N)COc1nn(Cc2ccccc2)c2ccc(Cl)cc12. The molecule has 0 bridgehead atoms. The van der Waals surface area contributed by atoms with E-state index in [0.717, 1.165) is 17.3 Å². The van der Waals surface area contributed by atoms with E-state index < -0.39 is 0 Å². The Hall–Kier alpha value is -2.04. The minimum atomic E-state index is 0.00325. The van der Waals surface area contributed by atoms with Crippen molar-refractivity contribution in [2.24, 2.45) is 5.73 Å². The summed E-state index contributed by atoms with van der Waals surface area (Å²) in [4.78, 5) is 0. The minimum Gasteiger partial charge on any atom is -0.475 e. The number of halogens is 1. The summed E-state index contributed by atoms with van der Waals surface area (Å²) in [6.45, 7) is 3.17. The summed E-state index contributed by atoms with van der Waals surface area (Å²) >= 11 is 6.13. The number of hydrogen-bond donors (Lipinski definition) is 1. The highest BCUT2D eigenvalue weighted by Gasteiger charge is 2.13. The van der Waals surface area contributed by atoms with Crippen LogP contribution >= 0.6 is 11.6 Å². The molecule has 5 heteroatoms. The van der Waals surface area contributed by atoms with E-state index in [1.807, 2.05) is 48.0 Å². The molecule has 4 nitrogen and oxygen atoms in total. The zero-order chi connectivity index (χ0) is 16.2. The van der Waals surface area contributed by atoms with Gasteiger partial charge in [0, 0.05) is 11.1 Å². The third-order valence-electron chi connectivity index (χ3n) is 3.81. The Labute approximate surface area is 140 Å². The van der Waals surface area contributed by atoms with Gasteiger partial charge in [-0.2, -0.15) is 0 Å². The van der Waals surface area contributed by atoms with Gasteiger partial charge in [-0.1, -0.05) is 48.9 Å². The molecule has 0 fully saturated rings. The molecule has 3 aromatic rings. The number of rotatable bonds is 6. The molecular weight excluding hydrogens is 310 g/mol. The third kappa shape index (κ3) is 3.66. The smallest absolute Gasteiger partial charge is 0.240 e. The van der Waals surface area contributed by atoms with Crippen molar-refractivity contribution in [1.82, 2.24) is 9.78 Å². The second kappa shape index (κ2) is 7.02. The van der Waals surface area contributed by atoms with Crippen LogP contribution in [0, 0.1) is 0 Å². The van der Waals surface area contributed by atoms with Crippen LogP contribution in [-0.4, -0.2) is 22.4 Å². The number of hydrogen-bond acceptors (Lipinski definition) is 3. The number of aromatic nitrogens is 2. The maximum atomic E-state index is 6.13. The normalized spacial score (nSPS) is 12.5. The summed E-state index contributed by atoms with van der Waals surface area (Å²) in [7, 11) is 0. The molecule has 0 aliphatic rings. The molecule has 0 saturated carbocycles. The number of nitrogens with two attached hydrogens (primary N) is 1. The largest absolute Gasteiger partial charge is 0.475 e. The highest BCUT2D eigenvalue weighted by Crippen LogP contribution is 2.28. The van der Waals surface area contributed by atoms with E-state index in [9.17, 15) is 0 Å². The summed E-state index contributed by atoms with van der Waals surface area (Å²) in [5, 5.41) is 6.19. The van der Waals surface area contributed by atoms with Crippen LogP contribution in [0.3, 0.4) is 0 Å². The Bertz CT molecular complexity index is 786. The Morgan fingerprint density at radius 1 is 1.22 bits per heavy atom. The van der Waals surface area contributed by atoms with Gasteiger partial charge in [0.05, 0.1) is 17.4 Å². The van der Waals surface area contributed by atoms with Crippen LogP contribution in [0.5, 0.6) is 5.88 Å². The van der Waals surface area contributed by atoms with Gasteiger partial charge in [0.2, 0.25) is 5.88 Å². The highest BCUT2D eigenvalue weighted by molar-refractivity contribution is 6.31. The second-order valence-electron chi connectivity index (χ2n) is 5.59. The van der Waals surface area contributed by atoms with Crippen molar-refractivity contribution in [3.63, 3.8) is 0 Å². The standard InChI is InChI=1S/C18H20ClN3O/c1-2-15(20)12-23-18-16-10-14(19)8-9-17(16)22(21-18)11-13-6-4-3-5-7-13/h3-10,15H,2,11-12,20H2,1H3. The van der Waals surface area contributed by atoms with Gasteiger partial charge in [0.15, 0.2) is 0 Å². The summed E-state index contributed by atoms with van der Waals surface area (Å²) in [5.41, 5.74) is 8.12. The molecule has 1 aromatic heterocycles. The molecule has 2 N–H and O–H groups in total. The quantitative estimate of drug-likeness (QED) is 0.747. The number of benzene rings is 2. The van der Waals surface area contributed by atoms with E-state index in [1.54, 1.807) is 0 Å². The molecule has 0 aliphatic carbocycles. The van der Waals surface area contributed by atoms with Gasteiger partial charge in [-0.05, 0) is 30.2 Å². The lowest BCUT2D eigenvalue weighted by Gasteiger charge is -2.08. The molecule has 0 aliphatic heterocycles. The summed E-state index contributed by atoms with van der Waals surface area (Å²) in [5.74, 6) is 0.585. The van der Waals surface area contributed by atoms with E-state index in [4.69, 9.17) is 22.1 Å². The Morgan fingerprint density at radius 3 is 2.74 bits per heavy atom. The fourth-order valence-corrected chi connectivity index (χ4v) is 2.58. The lowest BCUT2D eigenvalue weighted by molar-refractivity contribution is 0.275. The van der Waals surface area contributed by atoms with Crippen molar-refractivity contribution in [1.29, 1.82) is 0 Å². The maximum Gasteiger partial charge on any atom is 0.240 e. The molecular formula is C18H20ClN3O. The minimum absolute atomic E-state index is 0.00325. The lowest BCUT2D eigenvalue weighted by atomic mass is 10.2. The van der Waals surface area contributed by atoms with Gasteiger partial charge in [0.25, 0.3) is 0 Å². The van der Waals surface area contributed by atoms with E-state index in [-0.39, 0.29) is 6.04 Å². The Morgan fingerprint density at radius 2 is 2.00 bits per heavy atom. The fraction of sp³-hybridized carbons (Fsp3) is 0.278. The predicted octanol–water partition coefficient (Wildman–Crippen LogP) is 3.85. The summed E-state index contributed by atoms with van der Waals surface area (Å²) in [6, 6.07) is 15.9. The number of fused-ring (bicyclic) bond motifs is 1. The highest BCUT2D eigenvalue weighted by atomic mass is 35.5. The summed E-state index contributed by atoms with van der Waals surface area (Å²) < 4.78 is 7.77. The predicted molar refractivity (Wildman–Crippen MR) is 94.0 cm³/mol. The molecule has 3 rings (SSSR count). The van der Waals surface area contributed by atoms with Crippen LogP contribution in [-0.2, 0) is 6.54 Å². The fourth-order valence-electron chi connectivity index (χ4n) is 2.41. The van der Waals surface area contributed by atoms with Crippen molar-refractivity contribution in [3.05, 3.63) is 59.1 Å². The van der Waals surface area contributed by atoms with E-state index in [1.165, 1.54) is 5.56 Å². The summed E-state index contributed by atoms with van der Waals surface area (Å²) in [6.07, 6.45) is 0.864. The van der Waals surface area contributed by atoms with Crippen molar-refractivity contribution in [2.75, 3.05) is 6.61 Å². The van der Waals surface area contributed by atoms with Gasteiger partial charge in [0.1, 0.15) is 6.61 Å². The first-order valence-corrected chi connectivity index (χ1v) is 8.13. The molecule has 23 heavy (non-hydrogen) atoms. The van der Waals surface area contributed by atoms with Crippen LogP contribution in [0.1, 0.15) is 18.9 Å². The first-order valence-electron chi connectivity index (χ1n) is 7.75. The number of ether oxygens (including phenoxy) is 1. The van der Waals surface area contributed by atoms with Crippen molar-refractivity contribution < 1.29 is 4.74 Å². The van der Waals surface area contributed by atoms with Crippen molar-refractivity contribution in [3.8, 4) is 5.88 Å². The third-order valence-corrected chi connectivity index (χ3v) is 4.05. The molecule has 0 saturated heterocycles. The van der Waals surface area contributed by atoms with Crippen LogP contribution in [0.4, 0.5) is 0 Å². The van der Waals surface area contributed by atoms with Gasteiger partial charge >= 0.3 is 0 Å². The zero-order valence-corrected chi connectivity index (χ0v) is 13.8. The molecule has 2 aromatic carbocycles. The average Bonchev–Trinajstić information content (AvgIpc) is 2.90. The Kier molecular flexibility index (Phi) is 4.84. The second-order valence-corrected chi connectivity index (χ2v) is 6.03. The topological polar surface area (TPSA) is 53.1 Å². The molecule has 0 spiro atoms.